The first-order chi connectivity index (χ1) is 7.09. The van der Waals surface area contributed by atoms with Gasteiger partial charge in [0.2, 0.25) is 0 Å². The Bertz CT molecular complexity index is 373. The zero-order valence-electron chi connectivity index (χ0n) is 9.58. The highest BCUT2D eigenvalue weighted by Crippen LogP contribution is 2.37. The second kappa shape index (κ2) is 4.18. The van der Waals surface area contributed by atoms with Crippen LogP contribution in [0, 0.1) is 13.8 Å². The van der Waals surface area contributed by atoms with E-state index in [4.69, 9.17) is 0 Å². The first-order valence-electron chi connectivity index (χ1n) is 5.48. The van der Waals surface area contributed by atoms with Crippen molar-refractivity contribution in [1.29, 1.82) is 0 Å². The van der Waals surface area contributed by atoms with Gasteiger partial charge in [-0.1, -0.05) is 19.1 Å². The second-order valence-electron chi connectivity index (χ2n) is 4.46. The molecule has 0 fully saturated rings. The van der Waals surface area contributed by atoms with Gasteiger partial charge in [-0.2, -0.15) is 11.8 Å². The van der Waals surface area contributed by atoms with Gasteiger partial charge in [-0.3, -0.25) is 0 Å². The lowest BCUT2D eigenvalue weighted by atomic mass is 9.92. The molecule has 1 heterocycles. The molecule has 1 aliphatic rings. The Morgan fingerprint density at radius 2 is 1.93 bits per heavy atom. The number of fused-ring (bicyclic) bond motifs is 1. The first-order valence-corrected chi connectivity index (χ1v) is 6.53. The summed E-state index contributed by atoms with van der Waals surface area (Å²) in [5.41, 5.74) is 5.10. The van der Waals surface area contributed by atoms with E-state index in [1.165, 1.54) is 22.3 Å². The van der Waals surface area contributed by atoms with Crippen molar-refractivity contribution in [3.8, 4) is 0 Å². The molecule has 2 atom stereocenters. The van der Waals surface area contributed by atoms with E-state index < -0.39 is 0 Å². The molecule has 0 saturated heterocycles. The lowest BCUT2D eigenvalue weighted by Gasteiger charge is -2.16. The van der Waals surface area contributed by atoms with Crippen molar-refractivity contribution in [1.82, 2.24) is 0 Å². The predicted octanol–water partition coefficient (Wildman–Crippen LogP) is 3.36. The van der Waals surface area contributed by atoms with Crippen LogP contribution in [0.25, 0.3) is 0 Å². The molecular weight excluding hydrogens is 204 g/mol. The van der Waals surface area contributed by atoms with Gasteiger partial charge in [-0.05, 0) is 42.5 Å². The highest BCUT2D eigenvalue weighted by molar-refractivity contribution is 7.99. The van der Waals surface area contributed by atoms with Crippen molar-refractivity contribution in [3.63, 3.8) is 0 Å². The van der Waals surface area contributed by atoms with E-state index in [0.717, 1.165) is 12.2 Å². The van der Waals surface area contributed by atoms with Crippen LogP contribution in [0.2, 0.25) is 0 Å². The van der Waals surface area contributed by atoms with E-state index >= 15 is 0 Å². The first kappa shape index (κ1) is 11.0. The Hall–Kier alpha value is -0.470. The molecule has 0 radical (unpaired) electrons. The fourth-order valence-electron chi connectivity index (χ4n) is 2.27. The fraction of sp³-hybridized carbons (Fsp3) is 0.538. The molecule has 1 aromatic carbocycles. The minimum absolute atomic E-state index is 0.273. The average molecular weight is 222 g/mol. The topological polar surface area (TPSA) is 20.2 Å². The number of thioether (sulfide) groups is 1. The number of benzene rings is 1. The minimum Gasteiger partial charge on any atom is -0.388 e. The zero-order valence-corrected chi connectivity index (χ0v) is 10.4. The Morgan fingerprint density at radius 1 is 1.27 bits per heavy atom. The Kier molecular flexibility index (Phi) is 3.08. The largest absolute Gasteiger partial charge is 0.388 e. The summed E-state index contributed by atoms with van der Waals surface area (Å²) in [6.07, 6.45) is 0.604. The monoisotopic (exact) mass is 222 g/mol. The molecule has 82 valence electrons. The molecule has 0 aliphatic carbocycles. The van der Waals surface area contributed by atoms with Crippen molar-refractivity contribution < 1.29 is 5.11 Å². The van der Waals surface area contributed by atoms with Crippen LogP contribution in [0.1, 0.15) is 41.7 Å². The zero-order chi connectivity index (χ0) is 11.0. The number of aliphatic hydroxyl groups excluding tert-OH is 1. The smallest absolute Gasteiger partial charge is 0.0806 e. The van der Waals surface area contributed by atoms with Gasteiger partial charge < -0.3 is 5.11 Å². The van der Waals surface area contributed by atoms with Crippen LogP contribution in [0.15, 0.2) is 12.1 Å². The van der Waals surface area contributed by atoms with Crippen LogP contribution in [-0.2, 0) is 5.75 Å². The van der Waals surface area contributed by atoms with E-state index in [1.54, 1.807) is 0 Å². The molecule has 1 aromatic rings. The van der Waals surface area contributed by atoms with Gasteiger partial charge >= 0.3 is 0 Å². The predicted molar refractivity (Wildman–Crippen MR) is 66.2 cm³/mol. The molecule has 2 rings (SSSR count). The SMILES string of the molecule is Cc1ccc(C)c2c1CSC(C)CC2O. The standard InChI is InChI=1S/C13H18OS/c1-8-4-5-9(2)13-11(8)7-15-10(3)6-12(13)14/h4-5,10,12,14H,6-7H2,1-3H3. The van der Waals surface area contributed by atoms with Crippen molar-refractivity contribution in [2.75, 3.05) is 0 Å². The average Bonchev–Trinajstić information content (AvgIpc) is 2.32. The number of hydrogen-bond acceptors (Lipinski definition) is 2. The highest BCUT2D eigenvalue weighted by atomic mass is 32.2. The molecule has 0 spiro atoms. The summed E-state index contributed by atoms with van der Waals surface area (Å²) in [5.74, 6) is 1.04. The lowest BCUT2D eigenvalue weighted by molar-refractivity contribution is 0.167. The van der Waals surface area contributed by atoms with Gasteiger partial charge in [0, 0.05) is 11.0 Å². The third-order valence-corrected chi connectivity index (χ3v) is 4.43. The number of aryl methyl sites for hydroxylation is 2. The van der Waals surface area contributed by atoms with Crippen LogP contribution < -0.4 is 0 Å². The van der Waals surface area contributed by atoms with Gasteiger partial charge in [0.15, 0.2) is 0 Å². The molecule has 0 amide bonds. The summed E-state index contributed by atoms with van der Waals surface area (Å²) < 4.78 is 0. The molecule has 1 N–H and O–H groups in total. The van der Waals surface area contributed by atoms with Gasteiger partial charge in [0.05, 0.1) is 6.10 Å². The molecule has 2 unspecified atom stereocenters. The van der Waals surface area contributed by atoms with Crippen LogP contribution >= 0.6 is 11.8 Å². The maximum atomic E-state index is 10.2. The van der Waals surface area contributed by atoms with E-state index in [0.29, 0.717) is 5.25 Å². The van der Waals surface area contributed by atoms with E-state index in [2.05, 4.69) is 32.9 Å². The summed E-state index contributed by atoms with van der Waals surface area (Å²) in [7, 11) is 0. The quantitative estimate of drug-likeness (QED) is 0.726. The minimum atomic E-state index is -0.273. The highest BCUT2D eigenvalue weighted by Gasteiger charge is 2.23. The maximum absolute atomic E-state index is 10.2. The van der Waals surface area contributed by atoms with Crippen molar-refractivity contribution >= 4 is 11.8 Å². The van der Waals surface area contributed by atoms with Crippen molar-refractivity contribution in [3.05, 3.63) is 34.4 Å². The Morgan fingerprint density at radius 3 is 2.67 bits per heavy atom. The number of aliphatic hydroxyl groups is 1. The Balaban J connectivity index is 2.52. The Labute approximate surface area is 95.9 Å². The molecule has 2 heteroatoms. The number of rotatable bonds is 0. The number of hydrogen-bond donors (Lipinski definition) is 1. The summed E-state index contributed by atoms with van der Waals surface area (Å²) in [4.78, 5) is 0. The molecule has 0 bridgehead atoms. The van der Waals surface area contributed by atoms with E-state index in [9.17, 15) is 5.11 Å². The van der Waals surface area contributed by atoms with Crippen LogP contribution in [0.3, 0.4) is 0 Å². The van der Waals surface area contributed by atoms with Crippen molar-refractivity contribution in [2.45, 2.75) is 44.3 Å². The molecule has 1 aliphatic heterocycles. The van der Waals surface area contributed by atoms with E-state index in [1.807, 2.05) is 11.8 Å². The summed E-state index contributed by atoms with van der Waals surface area (Å²) in [6, 6.07) is 4.29. The molecular formula is C13H18OS. The third kappa shape index (κ3) is 2.06. The molecule has 0 saturated carbocycles. The lowest BCUT2D eigenvalue weighted by Crippen LogP contribution is -2.06. The molecule has 0 aromatic heterocycles. The van der Waals surface area contributed by atoms with Gasteiger partial charge in [-0.15, -0.1) is 0 Å². The molecule has 1 nitrogen and oxygen atoms in total. The van der Waals surface area contributed by atoms with E-state index in [-0.39, 0.29) is 6.10 Å². The summed E-state index contributed by atoms with van der Waals surface area (Å²) in [5, 5.41) is 10.8. The van der Waals surface area contributed by atoms with Gasteiger partial charge in [0.1, 0.15) is 0 Å². The second-order valence-corrected chi connectivity index (χ2v) is 5.89. The fourth-order valence-corrected chi connectivity index (χ4v) is 3.42. The van der Waals surface area contributed by atoms with Crippen LogP contribution in [0.5, 0.6) is 0 Å². The summed E-state index contributed by atoms with van der Waals surface area (Å²) >= 11 is 1.95. The van der Waals surface area contributed by atoms with Crippen LogP contribution in [0.4, 0.5) is 0 Å². The van der Waals surface area contributed by atoms with Crippen molar-refractivity contribution in [2.24, 2.45) is 0 Å². The van der Waals surface area contributed by atoms with Crippen LogP contribution in [-0.4, -0.2) is 10.4 Å². The normalized spacial score (nSPS) is 25.9. The third-order valence-electron chi connectivity index (χ3n) is 3.21. The van der Waals surface area contributed by atoms with Gasteiger partial charge in [0.25, 0.3) is 0 Å². The van der Waals surface area contributed by atoms with Gasteiger partial charge in [-0.25, -0.2) is 0 Å². The maximum Gasteiger partial charge on any atom is 0.0806 e. The summed E-state index contributed by atoms with van der Waals surface area (Å²) in [6.45, 7) is 6.44. The molecule has 15 heavy (non-hydrogen) atoms.